The van der Waals surface area contributed by atoms with Gasteiger partial charge in [0.05, 0.1) is 19.3 Å². The first-order valence-corrected chi connectivity index (χ1v) is 9.56. The van der Waals surface area contributed by atoms with Crippen molar-refractivity contribution in [3.05, 3.63) is 58.5 Å². The molecule has 0 aliphatic carbocycles. The van der Waals surface area contributed by atoms with E-state index in [4.69, 9.17) is 9.47 Å². The molecular formula is C21H21NO4S. The number of hydrogen-bond acceptors (Lipinski definition) is 5. The first kappa shape index (κ1) is 18.9. The SMILES string of the molecule is CCOC(=O)c1cc(CC)sc1NC(=O)c1ccc2cc(OC)ccc2c1. The standard InChI is InChI=1S/C21H21NO4S/c1-4-17-12-18(21(24)26-5-2)20(27-17)22-19(23)15-7-6-14-11-16(25-3)9-8-13(14)10-15/h6-12H,4-5H2,1-3H3,(H,22,23). The van der Waals surface area contributed by atoms with Crippen LogP contribution in [0.3, 0.4) is 0 Å². The molecule has 1 amide bonds. The number of methoxy groups -OCH3 is 1. The molecule has 0 unspecified atom stereocenters. The highest BCUT2D eigenvalue weighted by molar-refractivity contribution is 7.16. The molecule has 140 valence electrons. The van der Waals surface area contributed by atoms with Crippen LogP contribution < -0.4 is 10.1 Å². The number of carbonyl (C=O) groups is 2. The van der Waals surface area contributed by atoms with Crippen LogP contribution in [0.5, 0.6) is 5.75 Å². The number of fused-ring (bicyclic) bond motifs is 1. The van der Waals surface area contributed by atoms with E-state index in [1.54, 1.807) is 26.2 Å². The van der Waals surface area contributed by atoms with Crippen LogP contribution in [-0.2, 0) is 11.2 Å². The number of carbonyl (C=O) groups excluding carboxylic acids is 2. The van der Waals surface area contributed by atoms with Crippen LogP contribution in [0.1, 0.15) is 39.4 Å². The molecule has 0 saturated carbocycles. The van der Waals surface area contributed by atoms with E-state index in [-0.39, 0.29) is 12.5 Å². The van der Waals surface area contributed by atoms with Gasteiger partial charge in [0.15, 0.2) is 0 Å². The molecule has 0 aliphatic rings. The van der Waals surface area contributed by atoms with Crippen molar-refractivity contribution in [3.63, 3.8) is 0 Å². The molecule has 0 spiro atoms. The van der Waals surface area contributed by atoms with E-state index in [0.717, 1.165) is 27.8 Å². The number of anilines is 1. The van der Waals surface area contributed by atoms with Crippen LogP contribution in [0.15, 0.2) is 42.5 Å². The number of esters is 1. The fourth-order valence-corrected chi connectivity index (χ4v) is 3.72. The molecule has 0 fully saturated rings. The number of ether oxygens (including phenoxy) is 2. The topological polar surface area (TPSA) is 64.6 Å². The van der Waals surface area contributed by atoms with Gasteiger partial charge in [-0.05, 0) is 54.4 Å². The first-order chi connectivity index (χ1) is 13.0. The fourth-order valence-electron chi connectivity index (χ4n) is 2.74. The number of benzene rings is 2. The lowest BCUT2D eigenvalue weighted by Gasteiger charge is -2.08. The summed E-state index contributed by atoms with van der Waals surface area (Å²) in [7, 11) is 1.62. The average molecular weight is 383 g/mol. The second-order valence-electron chi connectivity index (χ2n) is 5.91. The monoisotopic (exact) mass is 383 g/mol. The molecule has 0 aliphatic heterocycles. The van der Waals surface area contributed by atoms with Crippen molar-refractivity contribution in [2.24, 2.45) is 0 Å². The van der Waals surface area contributed by atoms with E-state index in [0.29, 0.717) is 16.1 Å². The Morgan fingerprint density at radius 2 is 1.78 bits per heavy atom. The smallest absolute Gasteiger partial charge is 0.341 e. The lowest BCUT2D eigenvalue weighted by atomic mass is 10.1. The number of rotatable bonds is 6. The summed E-state index contributed by atoms with van der Waals surface area (Å²) >= 11 is 1.40. The molecule has 5 nitrogen and oxygen atoms in total. The Hall–Kier alpha value is -2.86. The number of nitrogens with one attached hydrogen (secondary N) is 1. The number of amides is 1. The Kier molecular flexibility index (Phi) is 5.76. The zero-order chi connectivity index (χ0) is 19.4. The Balaban J connectivity index is 1.87. The van der Waals surface area contributed by atoms with Crippen LogP contribution in [0.2, 0.25) is 0 Å². The van der Waals surface area contributed by atoms with Gasteiger partial charge >= 0.3 is 5.97 Å². The number of aryl methyl sites for hydroxylation is 1. The molecule has 27 heavy (non-hydrogen) atoms. The van der Waals surface area contributed by atoms with Gasteiger partial charge in [-0.2, -0.15) is 0 Å². The van der Waals surface area contributed by atoms with Crippen molar-refractivity contribution in [1.29, 1.82) is 0 Å². The van der Waals surface area contributed by atoms with Gasteiger partial charge < -0.3 is 14.8 Å². The highest BCUT2D eigenvalue weighted by Crippen LogP contribution is 2.30. The van der Waals surface area contributed by atoms with Crippen LogP contribution in [-0.4, -0.2) is 25.6 Å². The molecular weight excluding hydrogens is 362 g/mol. The minimum Gasteiger partial charge on any atom is -0.497 e. The summed E-state index contributed by atoms with van der Waals surface area (Å²) in [5, 5.41) is 5.31. The number of hydrogen-bond donors (Lipinski definition) is 1. The predicted octanol–water partition coefficient (Wildman–Crippen LogP) is 4.90. The van der Waals surface area contributed by atoms with Crippen molar-refractivity contribution in [1.82, 2.24) is 0 Å². The third-order valence-corrected chi connectivity index (χ3v) is 5.36. The molecule has 3 aromatic rings. The van der Waals surface area contributed by atoms with Crippen molar-refractivity contribution in [2.45, 2.75) is 20.3 Å². The molecule has 1 aromatic heterocycles. The second-order valence-corrected chi connectivity index (χ2v) is 7.05. The summed E-state index contributed by atoms with van der Waals surface area (Å²) in [6.45, 7) is 4.05. The van der Waals surface area contributed by atoms with Crippen molar-refractivity contribution in [2.75, 3.05) is 19.0 Å². The molecule has 1 heterocycles. The van der Waals surface area contributed by atoms with Crippen LogP contribution >= 0.6 is 11.3 Å². The summed E-state index contributed by atoms with van der Waals surface area (Å²) in [5.41, 5.74) is 0.923. The molecule has 1 N–H and O–H groups in total. The predicted molar refractivity (Wildman–Crippen MR) is 108 cm³/mol. The van der Waals surface area contributed by atoms with Gasteiger partial charge in [-0.15, -0.1) is 11.3 Å². The van der Waals surface area contributed by atoms with Gasteiger partial charge in [0, 0.05) is 10.4 Å². The zero-order valence-corrected chi connectivity index (χ0v) is 16.3. The van der Waals surface area contributed by atoms with Gasteiger partial charge in [-0.1, -0.05) is 19.1 Å². The van der Waals surface area contributed by atoms with E-state index in [2.05, 4.69) is 5.32 Å². The van der Waals surface area contributed by atoms with Crippen molar-refractivity contribution < 1.29 is 19.1 Å². The summed E-state index contributed by atoms with van der Waals surface area (Å²) in [6.07, 6.45) is 0.782. The Morgan fingerprint density at radius 3 is 2.48 bits per heavy atom. The largest absolute Gasteiger partial charge is 0.497 e. The van der Waals surface area contributed by atoms with Crippen LogP contribution in [0.25, 0.3) is 10.8 Å². The third-order valence-electron chi connectivity index (χ3n) is 4.16. The van der Waals surface area contributed by atoms with Gasteiger partial charge in [-0.25, -0.2) is 4.79 Å². The van der Waals surface area contributed by atoms with E-state index in [9.17, 15) is 9.59 Å². The minimum atomic E-state index is -0.422. The number of thiophene rings is 1. The van der Waals surface area contributed by atoms with Crippen molar-refractivity contribution in [3.8, 4) is 5.75 Å². The summed E-state index contributed by atoms with van der Waals surface area (Å²) in [4.78, 5) is 25.9. The zero-order valence-electron chi connectivity index (χ0n) is 15.5. The molecule has 2 aromatic carbocycles. The van der Waals surface area contributed by atoms with Gasteiger partial charge in [0.25, 0.3) is 5.91 Å². The van der Waals surface area contributed by atoms with Crippen LogP contribution in [0.4, 0.5) is 5.00 Å². The van der Waals surface area contributed by atoms with Gasteiger partial charge in [0.2, 0.25) is 0 Å². The molecule has 0 bridgehead atoms. The lowest BCUT2D eigenvalue weighted by molar-refractivity contribution is 0.0528. The minimum absolute atomic E-state index is 0.261. The van der Waals surface area contributed by atoms with E-state index in [1.807, 2.05) is 37.3 Å². The lowest BCUT2D eigenvalue weighted by Crippen LogP contribution is -2.14. The summed E-state index contributed by atoms with van der Waals surface area (Å²) in [6, 6.07) is 12.9. The second kappa shape index (κ2) is 8.22. The van der Waals surface area contributed by atoms with Crippen molar-refractivity contribution >= 4 is 39.0 Å². The molecule has 6 heteroatoms. The maximum atomic E-state index is 12.7. The normalized spacial score (nSPS) is 10.6. The third kappa shape index (κ3) is 4.11. The summed E-state index contributed by atoms with van der Waals surface area (Å²) < 4.78 is 10.3. The van der Waals surface area contributed by atoms with E-state index < -0.39 is 5.97 Å². The fraction of sp³-hybridized carbons (Fsp3) is 0.238. The first-order valence-electron chi connectivity index (χ1n) is 8.74. The quantitative estimate of drug-likeness (QED) is 0.615. The molecule has 0 atom stereocenters. The van der Waals surface area contributed by atoms with Crippen LogP contribution in [0, 0.1) is 0 Å². The average Bonchev–Trinajstić information content (AvgIpc) is 3.10. The Bertz CT molecular complexity index is 993. The maximum Gasteiger partial charge on any atom is 0.341 e. The molecule has 0 saturated heterocycles. The maximum absolute atomic E-state index is 12.7. The molecule has 0 radical (unpaired) electrons. The highest BCUT2D eigenvalue weighted by atomic mass is 32.1. The Labute approximate surface area is 161 Å². The Morgan fingerprint density at radius 1 is 1.04 bits per heavy atom. The van der Waals surface area contributed by atoms with E-state index >= 15 is 0 Å². The van der Waals surface area contributed by atoms with Gasteiger partial charge in [0.1, 0.15) is 10.8 Å². The molecule has 3 rings (SSSR count). The summed E-state index contributed by atoms with van der Waals surface area (Å²) in [5.74, 6) is 0.0848. The van der Waals surface area contributed by atoms with E-state index in [1.165, 1.54) is 11.3 Å². The van der Waals surface area contributed by atoms with Gasteiger partial charge in [-0.3, -0.25) is 4.79 Å². The highest BCUT2D eigenvalue weighted by Gasteiger charge is 2.19.